The average molecular weight is 295 g/mol. The number of rotatable bonds is 2. The molecule has 19 heavy (non-hydrogen) atoms. The van der Waals surface area contributed by atoms with E-state index in [0.29, 0.717) is 28.7 Å². The standard InChI is InChI=1S/C14H12Cl2N2O/c15-12-5-3-4-10(13(12)16)8-11(9-17)14(19)18-6-1-2-7-18/h3-5,8H,1-2,6-7H2/b11-8+. The van der Waals surface area contributed by atoms with Crippen molar-refractivity contribution in [3.63, 3.8) is 0 Å². The number of amides is 1. The Morgan fingerprint density at radius 1 is 1.32 bits per heavy atom. The molecule has 98 valence electrons. The normalized spacial score (nSPS) is 15.4. The van der Waals surface area contributed by atoms with Crippen molar-refractivity contribution in [3.8, 4) is 6.07 Å². The van der Waals surface area contributed by atoms with Gasteiger partial charge >= 0.3 is 0 Å². The Kier molecular flexibility index (Phi) is 4.47. The first-order valence-electron chi connectivity index (χ1n) is 5.98. The molecule has 2 rings (SSSR count). The number of benzene rings is 1. The third-order valence-electron chi connectivity index (χ3n) is 3.03. The second-order valence-electron chi connectivity index (χ2n) is 4.31. The molecular weight excluding hydrogens is 283 g/mol. The first-order chi connectivity index (χ1) is 9.13. The fourth-order valence-corrected chi connectivity index (χ4v) is 2.38. The van der Waals surface area contributed by atoms with E-state index in [1.54, 1.807) is 23.1 Å². The number of nitrogens with zero attached hydrogens (tertiary/aromatic N) is 2. The molecule has 0 unspecified atom stereocenters. The highest BCUT2D eigenvalue weighted by Gasteiger charge is 2.21. The zero-order valence-corrected chi connectivity index (χ0v) is 11.7. The van der Waals surface area contributed by atoms with Crippen molar-refractivity contribution in [1.29, 1.82) is 5.26 Å². The summed E-state index contributed by atoms with van der Waals surface area (Å²) in [6.07, 6.45) is 3.47. The van der Waals surface area contributed by atoms with E-state index >= 15 is 0 Å². The van der Waals surface area contributed by atoms with Crippen LogP contribution in [0.15, 0.2) is 23.8 Å². The van der Waals surface area contributed by atoms with Gasteiger partial charge in [-0.2, -0.15) is 5.26 Å². The van der Waals surface area contributed by atoms with Crippen LogP contribution in [-0.4, -0.2) is 23.9 Å². The average Bonchev–Trinajstić information content (AvgIpc) is 2.94. The smallest absolute Gasteiger partial charge is 0.264 e. The van der Waals surface area contributed by atoms with Crippen LogP contribution in [0.3, 0.4) is 0 Å². The number of hydrogen-bond acceptors (Lipinski definition) is 2. The van der Waals surface area contributed by atoms with Gasteiger partial charge < -0.3 is 4.90 Å². The van der Waals surface area contributed by atoms with E-state index in [1.165, 1.54) is 6.08 Å². The van der Waals surface area contributed by atoms with E-state index in [2.05, 4.69) is 0 Å². The maximum absolute atomic E-state index is 12.1. The van der Waals surface area contributed by atoms with E-state index in [0.717, 1.165) is 12.8 Å². The summed E-state index contributed by atoms with van der Waals surface area (Å²) in [6.45, 7) is 1.42. The van der Waals surface area contributed by atoms with Crippen LogP contribution >= 0.6 is 23.2 Å². The van der Waals surface area contributed by atoms with Gasteiger partial charge in [0.05, 0.1) is 10.0 Å². The van der Waals surface area contributed by atoms with Crippen LogP contribution in [0.2, 0.25) is 10.0 Å². The van der Waals surface area contributed by atoms with Crippen molar-refractivity contribution in [2.75, 3.05) is 13.1 Å². The second-order valence-corrected chi connectivity index (χ2v) is 5.10. The van der Waals surface area contributed by atoms with Crippen LogP contribution in [0.25, 0.3) is 6.08 Å². The molecule has 0 atom stereocenters. The van der Waals surface area contributed by atoms with Crippen molar-refractivity contribution in [2.24, 2.45) is 0 Å². The van der Waals surface area contributed by atoms with E-state index in [1.807, 2.05) is 6.07 Å². The molecule has 5 heteroatoms. The number of carbonyl (C=O) groups excluding carboxylic acids is 1. The van der Waals surface area contributed by atoms with Crippen molar-refractivity contribution >= 4 is 35.2 Å². The fourth-order valence-electron chi connectivity index (χ4n) is 2.02. The maximum Gasteiger partial charge on any atom is 0.264 e. The van der Waals surface area contributed by atoms with E-state index in [9.17, 15) is 4.79 Å². The number of halogens is 2. The predicted octanol–water partition coefficient (Wildman–Crippen LogP) is 3.52. The molecule has 1 amide bonds. The Bertz CT molecular complexity index is 569. The summed E-state index contributed by atoms with van der Waals surface area (Å²) in [7, 11) is 0. The highest BCUT2D eigenvalue weighted by atomic mass is 35.5. The molecule has 1 aromatic carbocycles. The lowest BCUT2D eigenvalue weighted by molar-refractivity contribution is -0.125. The zero-order valence-electron chi connectivity index (χ0n) is 10.2. The van der Waals surface area contributed by atoms with Gasteiger partial charge in [0, 0.05) is 13.1 Å². The summed E-state index contributed by atoms with van der Waals surface area (Å²) in [4.78, 5) is 13.8. The zero-order chi connectivity index (χ0) is 13.8. The van der Waals surface area contributed by atoms with Crippen molar-refractivity contribution in [3.05, 3.63) is 39.4 Å². The molecule has 0 N–H and O–H groups in total. The van der Waals surface area contributed by atoms with E-state index in [-0.39, 0.29) is 11.5 Å². The molecule has 3 nitrogen and oxygen atoms in total. The second kappa shape index (κ2) is 6.10. The molecule has 0 radical (unpaired) electrons. The van der Waals surface area contributed by atoms with Gasteiger partial charge in [-0.3, -0.25) is 4.79 Å². The molecule has 0 aliphatic carbocycles. The van der Waals surface area contributed by atoms with E-state index < -0.39 is 0 Å². The van der Waals surface area contributed by atoms with Gasteiger partial charge in [0.1, 0.15) is 11.6 Å². The molecular formula is C14H12Cl2N2O. The Balaban J connectivity index is 2.31. The van der Waals surface area contributed by atoms with Crippen LogP contribution < -0.4 is 0 Å². The summed E-state index contributed by atoms with van der Waals surface area (Å²) in [6, 6.07) is 7.06. The minimum Gasteiger partial charge on any atom is -0.338 e. The third kappa shape index (κ3) is 3.09. The number of likely N-dealkylation sites (tertiary alicyclic amines) is 1. The fraction of sp³-hybridized carbons (Fsp3) is 0.286. The maximum atomic E-state index is 12.1. The Morgan fingerprint density at radius 2 is 2.00 bits per heavy atom. The van der Waals surface area contributed by atoms with Crippen LogP contribution in [-0.2, 0) is 4.79 Å². The Labute approximate surface area is 122 Å². The molecule has 1 heterocycles. The Hall–Kier alpha value is -1.50. The van der Waals surface area contributed by atoms with Gasteiger partial charge in [-0.05, 0) is 30.5 Å². The quantitative estimate of drug-likeness (QED) is 0.619. The lowest BCUT2D eigenvalue weighted by Crippen LogP contribution is -2.28. The van der Waals surface area contributed by atoms with Gasteiger partial charge in [0.25, 0.3) is 5.91 Å². The van der Waals surface area contributed by atoms with Crippen LogP contribution in [0, 0.1) is 11.3 Å². The van der Waals surface area contributed by atoms with Gasteiger partial charge in [0.15, 0.2) is 0 Å². The van der Waals surface area contributed by atoms with Crippen molar-refractivity contribution < 1.29 is 4.79 Å². The number of carbonyl (C=O) groups is 1. The molecule has 1 fully saturated rings. The molecule has 1 aliphatic heterocycles. The molecule has 0 aromatic heterocycles. The van der Waals surface area contributed by atoms with Crippen molar-refractivity contribution in [1.82, 2.24) is 4.90 Å². The van der Waals surface area contributed by atoms with E-state index in [4.69, 9.17) is 28.5 Å². The summed E-state index contributed by atoms with van der Waals surface area (Å²) in [5.74, 6) is -0.240. The minimum atomic E-state index is -0.240. The predicted molar refractivity (Wildman–Crippen MR) is 75.9 cm³/mol. The largest absolute Gasteiger partial charge is 0.338 e. The molecule has 0 spiro atoms. The Morgan fingerprint density at radius 3 is 2.63 bits per heavy atom. The monoisotopic (exact) mass is 294 g/mol. The molecule has 1 aliphatic rings. The van der Waals surface area contributed by atoms with Gasteiger partial charge in [0.2, 0.25) is 0 Å². The van der Waals surface area contributed by atoms with Gasteiger partial charge in [-0.25, -0.2) is 0 Å². The highest BCUT2D eigenvalue weighted by molar-refractivity contribution is 6.43. The lowest BCUT2D eigenvalue weighted by Gasteiger charge is -2.14. The van der Waals surface area contributed by atoms with Crippen LogP contribution in [0.5, 0.6) is 0 Å². The number of hydrogen-bond donors (Lipinski definition) is 0. The number of nitriles is 1. The topological polar surface area (TPSA) is 44.1 Å². The lowest BCUT2D eigenvalue weighted by atomic mass is 10.1. The summed E-state index contributed by atoms with van der Waals surface area (Å²) in [5, 5.41) is 9.89. The van der Waals surface area contributed by atoms with Crippen LogP contribution in [0.4, 0.5) is 0 Å². The molecule has 0 saturated carbocycles. The van der Waals surface area contributed by atoms with Gasteiger partial charge in [-0.1, -0.05) is 35.3 Å². The summed E-state index contributed by atoms with van der Waals surface area (Å²) >= 11 is 12.0. The van der Waals surface area contributed by atoms with Crippen LogP contribution in [0.1, 0.15) is 18.4 Å². The first kappa shape index (κ1) is 13.9. The third-order valence-corrected chi connectivity index (χ3v) is 3.86. The summed E-state index contributed by atoms with van der Waals surface area (Å²) < 4.78 is 0. The van der Waals surface area contributed by atoms with Crippen molar-refractivity contribution in [2.45, 2.75) is 12.8 Å². The highest BCUT2D eigenvalue weighted by Crippen LogP contribution is 2.27. The summed E-state index contributed by atoms with van der Waals surface area (Å²) in [5.41, 5.74) is 0.671. The molecule has 0 bridgehead atoms. The molecule has 1 aromatic rings. The SMILES string of the molecule is N#C/C(=C\c1cccc(Cl)c1Cl)C(=O)N1CCCC1. The first-order valence-corrected chi connectivity index (χ1v) is 6.74. The van der Waals surface area contributed by atoms with Gasteiger partial charge in [-0.15, -0.1) is 0 Å². The molecule has 1 saturated heterocycles. The minimum absolute atomic E-state index is 0.0890.